The molecule has 1 N–H and O–H groups in total. The van der Waals surface area contributed by atoms with Crippen molar-refractivity contribution in [3.63, 3.8) is 0 Å². The maximum Gasteiger partial charge on any atom is 0.256 e. The lowest BCUT2D eigenvalue weighted by Crippen LogP contribution is -2.24. The molecule has 0 aliphatic heterocycles. The van der Waals surface area contributed by atoms with Crippen molar-refractivity contribution >= 4 is 5.91 Å². The molecule has 0 aliphatic rings. The standard InChI is InChI=1S/C21H22N6O/c1-15-18(16(2)27(24-15)17-9-5-4-6-10-17)13-22-20(28)19-14-23-25(3)21(19)26-11-7-8-12-26/h4-12,14H,13H2,1-3H3,(H,22,28). The number of hydrogen-bond acceptors (Lipinski definition) is 3. The zero-order valence-electron chi connectivity index (χ0n) is 16.1. The van der Waals surface area contributed by atoms with Crippen LogP contribution < -0.4 is 5.32 Å². The van der Waals surface area contributed by atoms with Crippen molar-refractivity contribution in [2.75, 3.05) is 0 Å². The first-order valence-electron chi connectivity index (χ1n) is 9.10. The summed E-state index contributed by atoms with van der Waals surface area (Å²) in [6.45, 7) is 4.39. The number of aromatic nitrogens is 5. The highest BCUT2D eigenvalue weighted by Crippen LogP contribution is 2.19. The second-order valence-electron chi connectivity index (χ2n) is 6.68. The summed E-state index contributed by atoms with van der Waals surface area (Å²) >= 11 is 0. The van der Waals surface area contributed by atoms with Gasteiger partial charge in [-0.2, -0.15) is 10.2 Å². The Labute approximate surface area is 163 Å². The molecule has 0 saturated heterocycles. The Morgan fingerprint density at radius 3 is 2.50 bits per heavy atom. The Morgan fingerprint density at radius 1 is 1.07 bits per heavy atom. The van der Waals surface area contributed by atoms with Gasteiger partial charge in [-0.3, -0.25) is 9.48 Å². The molecule has 0 spiro atoms. The van der Waals surface area contributed by atoms with Gasteiger partial charge in [-0.15, -0.1) is 0 Å². The summed E-state index contributed by atoms with van der Waals surface area (Å²) in [5.41, 5.74) is 4.47. The Hall–Kier alpha value is -3.61. The highest BCUT2D eigenvalue weighted by atomic mass is 16.1. The van der Waals surface area contributed by atoms with Crippen LogP contribution in [-0.4, -0.2) is 30.0 Å². The van der Waals surface area contributed by atoms with E-state index in [-0.39, 0.29) is 5.91 Å². The van der Waals surface area contributed by atoms with Crippen LogP contribution in [0.4, 0.5) is 0 Å². The summed E-state index contributed by atoms with van der Waals surface area (Å²) in [6.07, 6.45) is 5.38. The van der Waals surface area contributed by atoms with Gasteiger partial charge >= 0.3 is 0 Å². The Balaban J connectivity index is 1.57. The fourth-order valence-electron chi connectivity index (χ4n) is 3.39. The third-order valence-corrected chi connectivity index (χ3v) is 4.87. The molecule has 1 amide bonds. The molecule has 28 heavy (non-hydrogen) atoms. The first kappa shape index (κ1) is 17.8. The number of aryl methyl sites for hydroxylation is 2. The molecule has 0 saturated carbocycles. The van der Waals surface area contributed by atoms with E-state index in [0.717, 1.165) is 28.5 Å². The number of rotatable bonds is 5. The largest absolute Gasteiger partial charge is 0.348 e. The summed E-state index contributed by atoms with van der Waals surface area (Å²) < 4.78 is 5.48. The van der Waals surface area contributed by atoms with Crippen LogP contribution in [0.25, 0.3) is 11.5 Å². The van der Waals surface area contributed by atoms with Gasteiger partial charge in [0.25, 0.3) is 5.91 Å². The molecule has 0 radical (unpaired) electrons. The van der Waals surface area contributed by atoms with E-state index < -0.39 is 0 Å². The normalized spacial score (nSPS) is 11.0. The molecule has 3 aromatic heterocycles. The molecule has 0 unspecified atom stereocenters. The quantitative estimate of drug-likeness (QED) is 0.584. The molecule has 4 aromatic rings. The van der Waals surface area contributed by atoms with Gasteiger partial charge in [-0.25, -0.2) is 4.68 Å². The molecule has 0 bridgehead atoms. The molecule has 4 rings (SSSR count). The number of amides is 1. The van der Waals surface area contributed by atoms with E-state index in [2.05, 4.69) is 15.5 Å². The maximum absolute atomic E-state index is 12.8. The van der Waals surface area contributed by atoms with Gasteiger partial charge in [0, 0.05) is 37.2 Å². The number of carbonyl (C=O) groups excluding carboxylic acids is 1. The van der Waals surface area contributed by atoms with Gasteiger partial charge < -0.3 is 9.88 Å². The van der Waals surface area contributed by atoms with E-state index in [1.165, 1.54) is 0 Å². The summed E-state index contributed by atoms with van der Waals surface area (Å²) in [7, 11) is 1.82. The Kier molecular flexibility index (Phi) is 4.57. The SMILES string of the molecule is Cc1nn(-c2ccccc2)c(C)c1CNC(=O)c1cnn(C)c1-n1cccc1. The minimum Gasteiger partial charge on any atom is -0.348 e. The first-order chi connectivity index (χ1) is 13.6. The lowest BCUT2D eigenvalue weighted by molar-refractivity contribution is 0.0950. The van der Waals surface area contributed by atoms with Crippen LogP contribution in [0.15, 0.2) is 61.1 Å². The van der Waals surface area contributed by atoms with Gasteiger partial charge in [0.05, 0.1) is 17.6 Å². The van der Waals surface area contributed by atoms with Crippen LogP contribution in [0.1, 0.15) is 27.3 Å². The fraction of sp³-hybridized carbons (Fsp3) is 0.190. The van der Waals surface area contributed by atoms with Crippen molar-refractivity contribution in [3.8, 4) is 11.5 Å². The van der Waals surface area contributed by atoms with Crippen molar-refractivity contribution in [1.82, 2.24) is 29.4 Å². The van der Waals surface area contributed by atoms with Crippen LogP contribution in [0, 0.1) is 13.8 Å². The van der Waals surface area contributed by atoms with E-state index in [1.807, 2.05) is 85.0 Å². The van der Waals surface area contributed by atoms with Gasteiger partial charge in [-0.1, -0.05) is 18.2 Å². The van der Waals surface area contributed by atoms with Crippen molar-refractivity contribution in [2.24, 2.45) is 7.05 Å². The zero-order chi connectivity index (χ0) is 19.7. The average molecular weight is 374 g/mol. The number of benzene rings is 1. The monoisotopic (exact) mass is 374 g/mol. The van der Waals surface area contributed by atoms with Gasteiger partial charge in [0.2, 0.25) is 0 Å². The molecule has 0 aliphatic carbocycles. The molecular weight excluding hydrogens is 352 g/mol. The van der Waals surface area contributed by atoms with Crippen molar-refractivity contribution < 1.29 is 4.79 Å². The predicted molar refractivity (Wildman–Crippen MR) is 107 cm³/mol. The van der Waals surface area contributed by atoms with Gasteiger partial charge in [0.1, 0.15) is 11.4 Å². The smallest absolute Gasteiger partial charge is 0.256 e. The summed E-state index contributed by atoms with van der Waals surface area (Å²) in [6, 6.07) is 13.8. The van der Waals surface area contributed by atoms with Gasteiger partial charge in [-0.05, 0) is 38.1 Å². The second-order valence-corrected chi connectivity index (χ2v) is 6.68. The molecule has 3 heterocycles. The third kappa shape index (κ3) is 3.11. The molecule has 7 nitrogen and oxygen atoms in total. The highest BCUT2D eigenvalue weighted by Gasteiger charge is 2.19. The zero-order valence-corrected chi connectivity index (χ0v) is 16.1. The Bertz CT molecular complexity index is 1110. The summed E-state index contributed by atoms with van der Waals surface area (Å²) in [5.74, 6) is 0.569. The van der Waals surface area contributed by atoms with Crippen molar-refractivity contribution in [2.45, 2.75) is 20.4 Å². The molecule has 142 valence electrons. The van der Waals surface area contributed by atoms with E-state index in [1.54, 1.807) is 10.9 Å². The number of nitrogens with zero attached hydrogens (tertiary/aromatic N) is 5. The average Bonchev–Trinajstić information content (AvgIpc) is 3.41. The minimum atomic E-state index is -0.164. The summed E-state index contributed by atoms with van der Waals surface area (Å²) in [5, 5.41) is 11.9. The van der Waals surface area contributed by atoms with Gasteiger partial charge in [0.15, 0.2) is 0 Å². The second kappa shape index (κ2) is 7.19. The molecule has 1 aromatic carbocycles. The van der Waals surface area contributed by atoms with Crippen LogP contribution in [-0.2, 0) is 13.6 Å². The molecule has 0 atom stereocenters. The molecular formula is C21H22N6O. The lowest BCUT2D eigenvalue weighted by atomic mass is 10.2. The van der Waals surface area contributed by atoms with E-state index >= 15 is 0 Å². The molecule has 0 fully saturated rings. The minimum absolute atomic E-state index is 0.164. The van der Waals surface area contributed by atoms with Crippen molar-refractivity contribution in [3.05, 3.63) is 83.6 Å². The number of carbonyl (C=O) groups is 1. The molecule has 7 heteroatoms. The lowest BCUT2D eigenvalue weighted by Gasteiger charge is -2.09. The number of hydrogen-bond donors (Lipinski definition) is 1. The van der Waals surface area contributed by atoms with E-state index in [9.17, 15) is 4.79 Å². The first-order valence-corrected chi connectivity index (χ1v) is 9.10. The number of para-hydroxylation sites is 1. The highest BCUT2D eigenvalue weighted by molar-refractivity contribution is 5.97. The Morgan fingerprint density at radius 2 is 1.79 bits per heavy atom. The number of nitrogens with one attached hydrogen (secondary N) is 1. The topological polar surface area (TPSA) is 69.7 Å². The van der Waals surface area contributed by atoms with E-state index in [4.69, 9.17) is 0 Å². The summed E-state index contributed by atoms with van der Waals surface area (Å²) in [4.78, 5) is 12.8. The van der Waals surface area contributed by atoms with Crippen LogP contribution in [0.3, 0.4) is 0 Å². The van der Waals surface area contributed by atoms with Crippen LogP contribution >= 0.6 is 0 Å². The van der Waals surface area contributed by atoms with Crippen LogP contribution in [0.2, 0.25) is 0 Å². The third-order valence-electron chi connectivity index (χ3n) is 4.87. The van der Waals surface area contributed by atoms with E-state index in [0.29, 0.717) is 12.1 Å². The fourth-order valence-corrected chi connectivity index (χ4v) is 3.39. The van der Waals surface area contributed by atoms with Crippen molar-refractivity contribution in [1.29, 1.82) is 0 Å². The predicted octanol–water partition coefficient (Wildman–Crippen LogP) is 2.94. The maximum atomic E-state index is 12.8. The van der Waals surface area contributed by atoms with Crippen LogP contribution in [0.5, 0.6) is 0 Å².